The second-order valence-electron chi connectivity index (χ2n) is 4.71. The van der Waals surface area contributed by atoms with Crippen LogP contribution < -0.4 is 5.73 Å². The summed E-state index contributed by atoms with van der Waals surface area (Å²) >= 11 is 0. The van der Waals surface area contributed by atoms with E-state index in [1.165, 1.54) is 22.3 Å². The molecule has 1 aliphatic rings. The molecule has 3 rings (SSSR count). The maximum atomic E-state index is 5.90. The molecule has 0 saturated heterocycles. The summed E-state index contributed by atoms with van der Waals surface area (Å²) in [4.78, 5) is 4.04. The number of benzene rings is 1. The minimum Gasteiger partial charge on any atom is -0.324 e. The van der Waals surface area contributed by atoms with E-state index < -0.39 is 0 Å². The maximum absolute atomic E-state index is 5.90. The SMILES string of the molecule is NC1C=C(c2ccc(-c3ccncc3)cc2)CC1. The predicted octanol–water partition coefficient (Wildman–Crippen LogP) is 3.25. The van der Waals surface area contributed by atoms with Crippen LogP contribution in [0.5, 0.6) is 0 Å². The standard InChI is InChI=1S/C16H16N2/c17-16-6-5-15(11-16)13-3-1-12(2-4-13)14-7-9-18-10-8-14/h1-4,7-11,16H,5-6,17H2. The zero-order chi connectivity index (χ0) is 12.4. The summed E-state index contributed by atoms with van der Waals surface area (Å²) < 4.78 is 0. The zero-order valence-corrected chi connectivity index (χ0v) is 10.2. The molecule has 1 aromatic carbocycles. The van der Waals surface area contributed by atoms with Crippen LogP contribution in [-0.2, 0) is 0 Å². The van der Waals surface area contributed by atoms with E-state index in [1.807, 2.05) is 24.5 Å². The van der Waals surface area contributed by atoms with Crippen molar-refractivity contribution in [3.05, 3.63) is 60.4 Å². The van der Waals surface area contributed by atoms with Gasteiger partial charge in [0.1, 0.15) is 0 Å². The lowest BCUT2D eigenvalue weighted by atomic mass is 10.0. The molecule has 2 aromatic rings. The maximum Gasteiger partial charge on any atom is 0.0273 e. The van der Waals surface area contributed by atoms with E-state index in [1.54, 1.807) is 0 Å². The summed E-state index contributed by atoms with van der Waals surface area (Å²) in [6, 6.07) is 13.0. The van der Waals surface area contributed by atoms with Crippen molar-refractivity contribution in [3.63, 3.8) is 0 Å². The van der Waals surface area contributed by atoms with Crippen LogP contribution in [0.3, 0.4) is 0 Å². The Kier molecular flexibility index (Phi) is 2.95. The van der Waals surface area contributed by atoms with Gasteiger partial charge in [-0.05, 0) is 47.2 Å². The van der Waals surface area contributed by atoms with Crippen LogP contribution in [0.2, 0.25) is 0 Å². The molecule has 0 bridgehead atoms. The highest BCUT2D eigenvalue weighted by atomic mass is 14.6. The number of nitrogens with zero attached hydrogens (tertiary/aromatic N) is 1. The van der Waals surface area contributed by atoms with Gasteiger partial charge in [0, 0.05) is 18.4 Å². The van der Waals surface area contributed by atoms with Gasteiger partial charge in [-0.2, -0.15) is 0 Å². The fourth-order valence-corrected chi connectivity index (χ4v) is 2.41. The topological polar surface area (TPSA) is 38.9 Å². The minimum absolute atomic E-state index is 0.236. The first-order valence-corrected chi connectivity index (χ1v) is 6.30. The lowest BCUT2D eigenvalue weighted by molar-refractivity contribution is 0.782. The van der Waals surface area contributed by atoms with Gasteiger partial charge >= 0.3 is 0 Å². The van der Waals surface area contributed by atoms with Gasteiger partial charge in [-0.25, -0.2) is 0 Å². The van der Waals surface area contributed by atoms with Gasteiger partial charge in [0.2, 0.25) is 0 Å². The summed E-state index contributed by atoms with van der Waals surface area (Å²) in [6.07, 6.45) is 7.99. The van der Waals surface area contributed by atoms with Crippen LogP contribution in [0.15, 0.2) is 54.9 Å². The number of hydrogen-bond donors (Lipinski definition) is 1. The molecule has 0 spiro atoms. The van der Waals surface area contributed by atoms with E-state index in [0.717, 1.165) is 12.8 Å². The normalized spacial score (nSPS) is 18.7. The molecule has 1 aromatic heterocycles. The van der Waals surface area contributed by atoms with Crippen LogP contribution in [0.1, 0.15) is 18.4 Å². The van der Waals surface area contributed by atoms with Gasteiger partial charge < -0.3 is 5.73 Å². The van der Waals surface area contributed by atoms with Crippen molar-refractivity contribution in [2.45, 2.75) is 18.9 Å². The Morgan fingerprint density at radius 2 is 1.50 bits per heavy atom. The van der Waals surface area contributed by atoms with E-state index in [4.69, 9.17) is 5.73 Å². The number of pyridine rings is 1. The van der Waals surface area contributed by atoms with Gasteiger partial charge in [0.15, 0.2) is 0 Å². The predicted molar refractivity (Wildman–Crippen MR) is 74.9 cm³/mol. The molecule has 1 atom stereocenters. The smallest absolute Gasteiger partial charge is 0.0273 e. The van der Waals surface area contributed by atoms with E-state index in [0.29, 0.717) is 0 Å². The quantitative estimate of drug-likeness (QED) is 0.869. The van der Waals surface area contributed by atoms with Gasteiger partial charge in [0.25, 0.3) is 0 Å². The van der Waals surface area contributed by atoms with Gasteiger partial charge in [-0.3, -0.25) is 4.98 Å². The van der Waals surface area contributed by atoms with Crippen LogP contribution in [0, 0.1) is 0 Å². The Bertz CT molecular complexity index is 555. The molecular weight excluding hydrogens is 220 g/mol. The zero-order valence-electron chi connectivity index (χ0n) is 10.2. The van der Waals surface area contributed by atoms with Crippen molar-refractivity contribution < 1.29 is 0 Å². The second kappa shape index (κ2) is 4.75. The second-order valence-corrected chi connectivity index (χ2v) is 4.71. The van der Waals surface area contributed by atoms with Crippen molar-refractivity contribution in [2.24, 2.45) is 5.73 Å². The number of aromatic nitrogens is 1. The van der Waals surface area contributed by atoms with Crippen molar-refractivity contribution in [2.75, 3.05) is 0 Å². The molecule has 2 nitrogen and oxygen atoms in total. The minimum atomic E-state index is 0.236. The van der Waals surface area contributed by atoms with Gasteiger partial charge in [-0.1, -0.05) is 30.3 Å². The molecular formula is C16H16N2. The Hall–Kier alpha value is -1.93. The van der Waals surface area contributed by atoms with Crippen molar-refractivity contribution >= 4 is 5.57 Å². The lowest BCUT2D eigenvalue weighted by Gasteiger charge is -2.05. The molecule has 1 unspecified atom stereocenters. The molecule has 0 fully saturated rings. The number of allylic oxidation sites excluding steroid dienone is 1. The number of hydrogen-bond acceptors (Lipinski definition) is 2. The Morgan fingerprint density at radius 1 is 0.889 bits per heavy atom. The Morgan fingerprint density at radius 3 is 2.11 bits per heavy atom. The van der Waals surface area contributed by atoms with E-state index in [2.05, 4.69) is 35.3 Å². The average molecular weight is 236 g/mol. The van der Waals surface area contributed by atoms with Crippen LogP contribution in [-0.4, -0.2) is 11.0 Å². The van der Waals surface area contributed by atoms with Crippen molar-refractivity contribution in [1.82, 2.24) is 4.98 Å². The van der Waals surface area contributed by atoms with E-state index in [9.17, 15) is 0 Å². The molecule has 18 heavy (non-hydrogen) atoms. The van der Waals surface area contributed by atoms with Gasteiger partial charge in [0.05, 0.1) is 0 Å². The Labute approximate surface area is 107 Å². The van der Waals surface area contributed by atoms with E-state index >= 15 is 0 Å². The van der Waals surface area contributed by atoms with Crippen LogP contribution >= 0.6 is 0 Å². The number of rotatable bonds is 2. The third kappa shape index (κ3) is 2.20. The largest absolute Gasteiger partial charge is 0.324 e. The molecule has 1 aliphatic carbocycles. The highest BCUT2D eigenvalue weighted by molar-refractivity contribution is 5.71. The fraction of sp³-hybridized carbons (Fsp3) is 0.188. The van der Waals surface area contributed by atoms with Crippen molar-refractivity contribution in [3.8, 4) is 11.1 Å². The highest BCUT2D eigenvalue weighted by Crippen LogP contribution is 2.28. The van der Waals surface area contributed by atoms with Crippen LogP contribution in [0.25, 0.3) is 16.7 Å². The summed E-state index contributed by atoms with van der Waals surface area (Å²) in [5.74, 6) is 0. The first kappa shape index (κ1) is 11.2. The van der Waals surface area contributed by atoms with Gasteiger partial charge in [-0.15, -0.1) is 0 Å². The molecule has 0 aliphatic heterocycles. The van der Waals surface area contributed by atoms with Crippen molar-refractivity contribution in [1.29, 1.82) is 0 Å². The molecule has 2 heteroatoms. The summed E-state index contributed by atoms with van der Waals surface area (Å²) in [6.45, 7) is 0. The fourth-order valence-electron chi connectivity index (χ4n) is 2.41. The first-order chi connectivity index (χ1) is 8.83. The molecule has 90 valence electrons. The third-order valence-electron chi connectivity index (χ3n) is 3.43. The molecule has 2 N–H and O–H groups in total. The summed E-state index contributed by atoms with van der Waals surface area (Å²) in [7, 11) is 0. The molecule has 1 heterocycles. The lowest BCUT2D eigenvalue weighted by Crippen LogP contribution is -2.11. The molecule has 0 saturated carbocycles. The van der Waals surface area contributed by atoms with E-state index in [-0.39, 0.29) is 6.04 Å². The monoisotopic (exact) mass is 236 g/mol. The molecule has 0 radical (unpaired) electrons. The Balaban J connectivity index is 1.88. The summed E-state index contributed by atoms with van der Waals surface area (Å²) in [5, 5.41) is 0. The van der Waals surface area contributed by atoms with Crippen LogP contribution in [0.4, 0.5) is 0 Å². The number of nitrogens with two attached hydrogens (primary N) is 1. The summed E-state index contributed by atoms with van der Waals surface area (Å²) in [5.41, 5.74) is 11.0. The highest BCUT2D eigenvalue weighted by Gasteiger charge is 2.12. The first-order valence-electron chi connectivity index (χ1n) is 6.30. The third-order valence-corrected chi connectivity index (χ3v) is 3.43. The average Bonchev–Trinajstić information content (AvgIpc) is 2.87. The molecule has 0 amide bonds.